The van der Waals surface area contributed by atoms with Crippen LogP contribution in [0.15, 0.2) is 4.36 Å². The molecule has 0 spiro atoms. The molecule has 1 atom stereocenters. The minimum absolute atomic E-state index is 0.844. The van der Waals surface area contributed by atoms with Crippen molar-refractivity contribution in [3.63, 3.8) is 0 Å². The van der Waals surface area contributed by atoms with Crippen LogP contribution in [0.4, 0.5) is 0 Å². The third-order valence-corrected chi connectivity index (χ3v) is 1.29. The SMILES string of the molecule is O=C(O)C[C@H](N=S(=O)=O)C(=O)O. The average molecular weight is 195 g/mol. The summed E-state index contributed by atoms with van der Waals surface area (Å²) in [7, 11) is -2.90. The van der Waals surface area contributed by atoms with Gasteiger partial charge in [-0.3, -0.25) is 4.79 Å². The van der Waals surface area contributed by atoms with Gasteiger partial charge in [0.25, 0.3) is 0 Å². The molecule has 0 heterocycles. The van der Waals surface area contributed by atoms with Gasteiger partial charge in [-0.15, -0.1) is 0 Å². The lowest BCUT2D eigenvalue weighted by molar-refractivity contribution is -0.144. The van der Waals surface area contributed by atoms with Gasteiger partial charge in [-0.25, -0.2) is 4.79 Å². The molecule has 68 valence electrons. The van der Waals surface area contributed by atoms with Crippen LogP contribution in [0.3, 0.4) is 0 Å². The fourth-order valence-corrected chi connectivity index (χ4v) is 0.811. The summed E-state index contributed by atoms with van der Waals surface area (Å²) in [5, 5.41) is 16.4. The average Bonchev–Trinajstić information content (AvgIpc) is 1.83. The van der Waals surface area contributed by atoms with E-state index in [1.165, 1.54) is 0 Å². The third-order valence-electron chi connectivity index (χ3n) is 0.866. The summed E-state index contributed by atoms with van der Waals surface area (Å²) in [5.41, 5.74) is 0. The van der Waals surface area contributed by atoms with Crippen LogP contribution in [0.1, 0.15) is 6.42 Å². The molecule has 0 amide bonds. The molecular weight excluding hydrogens is 190 g/mol. The molecule has 0 aliphatic rings. The van der Waals surface area contributed by atoms with Gasteiger partial charge in [0.15, 0.2) is 6.04 Å². The Morgan fingerprint density at radius 3 is 2.08 bits per heavy atom. The highest BCUT2D eigenvalue weighted by Gasteiger charge is 2.20. The molecule has 8 heteroatoms. The smallest absolute Gasteiger partial charge is 0.330 e. The van der Waals surface area contributed by atoms with Gasteiger partial charge in [0, 0.05) is 0 Å². The molecule has 0 aromatic heterocycles. The van der Waals surface area contributed by atoms with Crippen molar-refractivity contribution in [3.8, 4) is 0 Å². The van der Waals surface area contributed by atoms with Crippen molar-refractivity contribution in [2.75, 3.05) is 0 Å². The van der Waals surface area contributed by atoms with Crippen molar-refractivity contribution in [2.24, 2.45) is 4.36 Å². The van der Waals surface area contributed by atoms with Gasteiger partial charge in [-0.2, -0.15) is 12.8 Å². The summed E-state index contributed by atoms with van der Waals surface area (Å²) < 4.78 is 22.4. The second kappa shape index (κ2) is 4.44. The lowest BCUT2D eigenvalue weighted by Crippen LogP contribution is -2.21. The minimum atomic E-state index is -2.90. The summed E-state index contributed by atoms with van der Waals surface area (Å²) in [6, 6.07) is -1.74. The van der Waals surface area contributed by atoms with Crippen LogP contribution < -0.4 is 0 Å². The van der Waals surface area contributed by atoms with Crippen LogP contribution >= 0.6 is 0 Å². The molecule has 7 nitrogen and oxygen atoms in total. The zero-order chi connectivity index (χ0) is 9.72. The molecule has 0 aliphatic carbocycles. The highest BCUT2D eigenvalue weighted by molar-refractivity contribution is 7.61. The maximum atomic E-state index is 10.1. The normalized spacial score (nSPS) is 11.7. The number of nitrogens with zero attached hydrogens (tertiary/aromatic N) is 1. The molecule has 0 aliphatic heterocycles. The van der Waals surface area contributed by atoms with Crippen molar-refractivity contribution in [3.05, 3.63) is 0 Å². The molecule has 0 unspecified atom stereocenters. The lowest BCUT2D eigenvalue weighted by atomic mass is 10.2. The first-order valence-electron chi connectivity index (χ1n) is 2.68. The Hall–Kier alpha value is -1.44. The molecule has 0 bridgehead atoms. The van der Waals surface area contributed by atoms with Crippen molar-refractivity contribution < 1.29 is 28.2 Å². The van der Waals surface area contributed by atoms with Gasteiger partial charge in [0.05, 0.1) is 6.42 Å². The largest absolute Gasteiger partial charge is 0.481 e. The number of carbonyl (C=O) groups is 2. The first-order valence-corrected chi connectivity index (χ1v) is 3.71. The van der Waals surface area contributed by atoms with E-state index in [0.29, 0.717) is 0 Å². The van der Waals surface area contributed by atoms with E-state index in [2.05, 4.69) is 4.36 Å². The number of rotatable bonds is 4. The van der Waals surface area contributed by atoms with Crippen molar-refractivity contribution in [1.29, 1.82) is 0 Å². The fraction of sp³-hybridized carbons (Fsp3) is 0.500. The van der Waals surface area contributed by atoms with E-state index in [4.69, 9.17) is 10.2 Å². The first kappa shape index (κ1) is 10.6. The van der Waals surface area contributed by atoms with E-state index in [1.54, 1.807) is 0 Å². The molecule has 0 fully saturated rings. The topological polar surface area (TPSA) is 121 Å². The number of aliphatic carboxylic acids is 2. The molecule has 0 saturated heterocycles. The lowest BCUT2D eigenvalue weighted by Gasteiger charge is -1.98. The molecule has 12 heavy (non-hydrogen) atoms. The summed E-state index contributed by atoms with van der Waals surface area (Å²) in [6.07, 6.45) is -0.844. The predicted octanol–water partition coefficient (Wildman–Crippen LogP) is -1.02. The van der Waals surface area contributed by atoms with Gasteiger partial charge in [0.2, 0.25) is 0 Å². The molecule has 2 N–H and O–H groups in total. The van der Waals surface area contributed by atoms with Crippen LogP contribution in [0.5, 0.6) is 0 Å². The van der Waals surface area contributed by atoms with Gasteiger partial charge in [0.1, 0.15) is 0 Å². The van der Waals surface area contributed by atoms with Gasteiger partial charge >= 0.3 is 22.4 Å². The van der Waals surface area contributed by atoms with E-state index < -0.39 is 34.9 Å². The Kier molecular flexibility index (Phi) is 3.91. The highest BCUT2D eigenvalue weighted by atomic mass is 32.2. The Balaban J connectivity index is 4.57. The first-order chi connectivity index (χ1) is 5.43. The van der Waals surface area contributed by atoms with Crippen LogP contribution in [0.2, 0.25) is 0 Å². The van der Waals surface area contributed by atoms with Crippen LogP contribution in [0, 0.1) is 0 Å². The maximum absolute atomic E-state index is 10.1. The van der Waals surface area contributed by atoms with Crippen molar-refractivity contribution in [1.82, 2.24) is 0 Å². The molecular formula is C4H5NO6S. The molecule has 0 saturated carbocycles. The van der Waals surface area contributed by atoms with E-state index >= 15 is 0 Å². The van der Waals surface area contributed by atoms with Crippen LogP contribution in [-0.4, -0.2) is 36.6 Å². The number of carboxylic acids is 2. The van der Waals surface area contributed by atoms with Gasteiger partial charge < -0.3 is 10.2 Å². The number of carboxylic acid groups (broad SMARTS) is 2. The van der Waals surface area contributed by atoms with Crippen LogP contribution in [-0.2, 0) is 20.1 Å². The maximum Gasteiger partial charge on any atom is 0.330 e. The summed E-state index contributed by atoms with van der Waals surface area (Å²) in [5.74, 6) is -3.00. The van der Waals surface area contributed by atoms with Crippen LogP contribution in [0.25, 0.3) is 0 Å². The molecule has 0 radical (unpaired) electrons. The fourth-order valence-electron chi connectivity index (χ4n) is 0.439. The zero-order valence-corrected chi connectivity index (χ0v) is 6.48. The predicted molar refractivity (Wildman–Crippen MR) is 35.0 cm³/mol. The minimum Gasteiger partial charge on any atom is -0.481 e. The second-order valence-corrected chi connectivity index (χ2v) is 2.42. The molecule has 0 aromatic carbocycles. The van der Waals surface area contributed by atoms with Gasteiger partial charge in [-0.05, 0) is 0 Å². The molecule has 0 aromatic rings. The Bertz CT molecular complexity index is 308. The van der Waals surface area contributed by atoms with E-state index in [0.717, 1.165) is 0 Å². The highest BCUT2D eigenvalue weighted by Crippen LogP contribution is 1.97. The Labute approximate surface area is 68.3 Å². The standard InChI is InChI=1S/C4H5NO6S/c6-3(7)1-2(4(8)9)5-12(10)11/h2H,1H2,(H,6,7)(H,8,9)/t2-/m0/s1. The third kappa shape index (κ3) is 4.39. The van der Waals surface area contributed by atoms with E-state index in [9.17, 15) is 18.0 Å². The van der Waals surface area contributed by atoms with Gasteiger partial charge in [-0.1, -0.05) is 0 Å². The van der Waals surface area contributed by atoms with E-state index in [-0.39, 0.29) is 0 Å². The zero-order valence-electron chi connectivity index (χ0n) is 5.67. The summed E-state index contributed by atoms with van der Waals surface area (Å²) >= 11 is 0. The Morgan fingerprint density at radius 2 is 1.83 bits per heavy atom. The summed E-state index contributed by atoms with van der Waals surface area (Å²) in [6.45, 7) is 0. The monoisotopic (exact) mass is 195 g/mol. The van der Waals surface area contributed by atoms with Crippen molar-refractivity contribution >= 4 is 22.4 Å². The van der Waals surface area contributed by atoms with Crippen molar-refractivity contribution in [2.45, 2.75) is 12.5 Å². The number of hydrogen-bond donors (Lipinski definition) is 2. The quantitative estimate of drug-likeness (QED) is 0.591. The van der Waals surface area contributed by atoms with E-state index in [1.807, 2.05) is 0 Å². The Morgan fingerprint density at radius 1 is 1.33 bits per heavy atom. The molecule has 0 rings (SSSR count). The summed E-state index contributed by atoms with van der Waals surface area (Å²) in [4.78, 5) is 20.1. The number of hydrogen-bond acceptors (Lipinski definition) is 5. The second-order valence-electron chi connectivity index (χ2n) is 1.77.